The van der Waals surface area contributed by atoms with Gasteiger partial charge in [0, 0.05) is 18.4 Å². The van der Waals surface area contributed by atoms with E-state index in [4.69, 9.17) is 0 Å². The van der Waals surface area contributed by atoms with Crippen molar-refractivity contribution in [1.82, 2.24) is 9.78 Å². The maximum atomic E-state index is 12.7. The normalized spacial score (nSPS) is 20.3. The third kappa shape index (κ3) is 1.48. The molecule has 2 heterocycles. The van der Waals surface area contributed by atoms with Gasteiger partial charge < -0.3 is 4.90 Å². The number of hydrogen-bond donors (Lipinski definition) is 0. The first-order chi connectivity index (χ1) is 9.59. The number of benzene rings is 1. The molecule has 4 rings (SSSR count). The smallest absolute Gasteiger partial charge is 0.237 e. The van der Waals surface area contributed by atoms with Crippen molar-refractivity contribution in [2.75, 3.05) is 4.90 Å². The van der Waals surface area contributed by atoms with Gasteiger partial charge >= 0.3 is 0 Å². The van der Waals surface area contributed by atoms with Gasteiger partial charge in [-0.3, -0.25) is 4.79 Å². The van der Waals surface area contributed by atoms with Crippen molar-refractivity contribution in [3.8, 4) is 5.69 Å². The Morgan fingerprint density at radius 3 is 2.75 bits per heavy atom. The van der Waals surface area contributed by atoms with Gasteiger partial charge in [-0.05, 0) is 50.5 Å². The van der Waals surface area contributed by atoms with Crippen LogP contribution in [0.2, 0.25) is 0 Å². The number of carbonyl (C=O) groups is 1. The van der Waals surface area contributed by atoms with Gasteiger partial charge in [-0.2, -0.15) is 5.10 Å². The summed E-state index contributed by atoms with van der Waals surface area (Å²) in [6.07, 6.45) is 5.92. The molecule has 2 aromatic rings. The highest BCUT2D eigenvalue weighted by molar-refractivity contribution is 6.08. The molecule has 1 aromatic heterocycles. The highest BCUT2D eigenvalue weighted by Gasteiger charge is 2.48. The number of amides is 1. The van der Waals surface area contributed by atoms with Crippen LogP contribution in [0.25, 0.3) is 5.69 Å². The summed E-state index contributed by atoms with van der Waals surface area (Å²) in [6, 6.07) is 8.51. The summed E-state index contributed by atoms with van der Waals surface area (Å²) >= 11 is 0. The minimum atomic E-state index is -0.416. The fourth-order valence-corrected chi connectivity index (χ4v) is 3.03. The highest BCUT2D eigenvalue weighted by atomic mass is 16.2. The van der Waals surface area contributed by atoms with Crippen molar-refractivity contribution >= 4 is 11.6 Å². The topological polar surface area (TPSA) is 38.1 Å². The zero-order valence-electron chi connectivity index (χ0n) is 11.7. The second-order valence-electron chi connectivity index (χ2n) is 6.18. The van der Waals surface area contributed by atoms with E-state index in [0.717, 1.165) is 29.8 Å². The predicted molar refractivity (Wildman–Crippen MR) is 77.1 cm³/mol. The van der Waals surface area contributed by atoms with Crippen LogP contribution in [0.3, 0.4) is 0 Å². The monoisotopic (exact) mass is 267 g/mol. The molecular weight excluding hydrogens is 250 g/mol. The van der Waals surface area contributed by atoms with Gasteiger partial charge in [-0.1, -0.05) is 6.07 Å². The summed E-state index contributed by atoms with van der Waals surface area (Å²) in [7, 11) is 0. The fraction of sp³-hybridized carbons (Fsp3) is 0.375. The maximum absolute atomic E-state index is 12.7. The SMILES string of the molecule is CC1(C)C(=O)N(C2CC2)c2cc(-n3cccn3)ccc21. The maximum Gasteiger partial charge on any atom is 0.237 e. The van der Waals surface area contributed by atoms with Crippen LogP contribution in [0.5, 0.6) is 0 Å². The number of anilines is 1. The van der Waals surface area contributed by atoms with E-state index in [9.17, 15) is 4.79 Å². The van der Waals surface area contributed by atoms with Crippen LogP contribution in [-0.2, 0) is 10.2 Å². The van der Waals surface area contributed by atoms with Gasteiger partial charge in [-0.15, -0.1) is 0 Å². The van der Waals surface area contributed by atoms with Gasteiger partial charge in [0.2, 0.25) is 5.91 Å². The molecule has 0 atom stereocenters. The average molecular weight is 267 g/mol. The quantitative estimate of drug-likeness (QED) is 0.839. The lowest BCUT2D eigenvalue weighted by Gasteiger charge is -2.19. The number of carbonyl (C=O) groups excluding carboxylic acids is 1. The molecule has 0 spiro atoms. The Balaban J connectivity index is 1.88. The van der Waals surface area contributed by atoms with E-state index in [-0.39, 0.29) is 5.91 Å². The van der Waals surface area contributed by atoms with E-state index < -0.39 is 5.41 Å². The minimum absolute atomic E-state index is 0.229. The number of rotatable bonds is 2. The van der Waals surface area contributed by atoms with Crippen LogP contribution in [-0.4, -0.2) is 21.7 Å². The van der Waals surface area contributed by atoms with Crippen LogP contribution >= 0.6 is 0 Å². The third-order valence-electron chi connectivity index (χ3n) is 4.35. The fourth-order valence-electron chi connectivity index (χ4n) is 3.03. The highest BCUT2D eigenvalue weighted by Crippen LogP contribution is 2.47. The van der Waals surface area contributed by atoms with Crippen LogP contribution in [0.4, 0.5) is 5.69 Å². The number of hydrogen-bond acceptors (Lipinski definition) is 2. The molecule has 0 radical (unpaired) electrons. The van der Waals surface area contributed by atoms with E-state index in [2.05, 4.69) is 17.2 Å². The van der Waals surface area contributed by atoms with Crippen molar-refractivity contribution in [3.63, 3.8) is 0 Å². The average Bonchev–Trinajstić information content (AvgIpc) is 3.06. The molecule has 0 unspecified atom stereocenters. The summed E-state index contributed by atoms with van der Waals surface area (Å²) in [5.41, 5.74) is 2.78. The second kappa shape index (κ2) is 3.72. The van der Waals surface area contributed by atoms with Crippen molar-refractivity contribution < 1.29 is 4.79 Å². The van der Waals surface area contributed by atoms with Crippen LogP contribution in [0.15, 0.2) is 36.7 Å². The van der Waals surface area contributed by atoms with Gasteiger partial charge in [-0.25, -0.2) is 4.68 Å². The van der Waals surface area contributed by atoms with Gasteiger partial charge in [0.15, 0.2) is 0 Å². The van der Waals surface area contributed by atoms with E-state index in [1.807, 2.05) is 41.8 Å². The summed E-state index contributed by atoms with van der Waals surface area (Å²) in [5.74, 6) is 0.229. The molecule has 4 nitrogen and oxygen atoms in total. The third-order valence-corrected chi connectivity index (χ3v) is 4.35. The van der Waals surface area contributed by atoms with Crippen LogP contribution < -0.4 is 4.90 Å². The molecule has 4 heteroatoms. The zero-order valence-corrected chi connectivity index (χ0v) is 11.7. The Labute approximate surface area is 118 Å². The molecule has 1 amide bonds. The molecule has 1 aromatic carbocycles. The van der Waals surface area contributed by atoms with E-state index in [1.54, 1.807) is 6.20 Å². The first-order valence-corrected chi connectivity index (χ1v) is 7.07. The first kappa shape index (κ1) is 11.7. The van der Waals surface area contributed by atoms with E-state index >= 15 is 0 Å². The Bertz CT molecular complexity index is 684. The molecule has 0 N–H and O–H groups in total. The van der Waals surface area contributed by atoms with E-state index in [0.29, 0.717) is 6.04 Å². The Kier molecular flexibility index (Phi) is 2.18. The lowest BCUT2D eigenvalue weighted by molar-refractivity contribution is -0.122. The summed E-state index contributed by atoms with van der Waals surface area (Å²) in [5, 5.41) is 4.27. The molecule has 1 saturated carbocycles. The van der Waals surface area contributed by atoms with Crippen molar-refractivity contribution in [2.45, 2.75) is 38.1 Å². The molecule has 1 aliphatic carbocycles. The van der Waals surface area contributed by atoms with Crippen molar-refractivity contribution in [2.24, 2.45) is 0 Å². The molecule has 1 aliphatic heterocycles. The predicted octanol–water partition coefficient (Wildman–Crippen LogP) is 2.66. The Morgan fingerprint density at radius 1 is 1.30 bits per heavy atom. The van der Waals surface area contributed by atoms with Crippen LogP contribution in [0, 0.1) is 0 Å². The Hall–Kier alpha value is -2.10. The lowest BCUT2D eigenvalue weighted by Crippen LogP contribution is -2.37. The summed E-state index contributed by atoms with van der Waals surface area (Å²) in [6.45, 7) is 4.04. The van der Waals surface area contributed by atoms with E-state index in [1.165, 1.54) is 0 Å². The molecule has 1 fully saturated rings. The molecule has 102 valence electrons. The second-order valence-corrected chi connectivity index (χ2v) is 6.18. The van der Waals surface area contributed by atoms with Gasteiger partial charge in [0.1, 0.15) is 0 Å². The van der Waals surface area contributed by atoms with Crippen molar-refractivity contribution in [3.05, 3.63) is 42.2 Å². The van der Waals surface area contributed by atoms with Gasteiger partial charge in [0.25, 0.3) is 0 Å². The molecule has 0 saturated heterocycles. The van der Waals surface area contributed by atoms with Crippen molar-refractivity contribution in [1.29, 1.82) is 0 Å². The standard InChI is InChI=1S/C16H17N3O/c1-16(2)13-7-6-12(18-9-3-8-17-18)10-14(13)19(15(16)20)11-4-5-11/h3,6-11H,4-5H2,1-2H3. The van der Waals surface area contributed by atoms with Crippen LogP contribution in [0.1, 0.15) is 32.3 Å². The largest absolute Gasteiger partial charge is 0.308 e. The molecular formula is C16H17N3O. The zero-order chi connectivity index (χ0) is 13.9. The summed E-state index contributed by atoms with van der Waals surface area (Å²) < 4.78 is 1.83. The Morgan fingerprint density at radius 2 is 2.10 bits per heavy atom. The molecule has 0 bridgehead atoms. The first-order valence-electron chi connectivity index (χ1n) is 7.07. The number of fused-ring (bicyclic) bond motifs is 1. The lowest BCUT2D eigenvalue weighted by atomic mass is 9.86. The minimum Gasteiger partial charge on any atom is -0.308 e. The molecule has 2 aliphatic rings. The number of nitrogens with zero attached hydrogens (tertiary/aromatic N) is 3. The molecule has 20 heavy (non-hydrogen) atoms. The number of aromatic nitrogens is 2. The van der Waals surface area contributed by atoms with Gasteiger partial charge in [0.05, 0.1) is 16.8 Å². The summed E-state index contributed by atoms with van der Waals surface area (Å²) in [4.78, 5) is 14.7.